The van der Waals surface area contributed by atoms with Gasteiger partial charge in [-0.1, -0.05) is 13.8 Å². The summed E-state index contributed by atoms with van der Waals surface area (Å²) in [5.74, 6) is 2.32. The fourth-order valence-corrected chi connectivity index (χ4v) is 1.33. The molecule has 0 saturated carbocycles. The van der Waals surface area contributed by atoms with E-state index in [9.17, 15) is 0 Å². The topological polar surface area (TPSA) is 21.3 Å². The molecule has 0 amide bonds. The number of hydrogen-bond donors (Lipinski definition) is 1. The minimum atomic E-state index is 0.851. The molecule has 0 fully saturated rings. The summed E-state index contributed by atoms with van der Waals surface area (Å²) >= 11 is 1.93. The SMILES string of the molecule is CCCNCCOCCSCC. The van der Waals surface area contributed by atoms with Gasteiger partial charge in [0.2, 0.25) is 0 Å². The summed E-state index contributed by atoms with van der Waals surface area (Å²) in [7, 11) is 0. The lowest BCUT2D eigenvalue weighted by Gasteiger charge is -2.04. The molecule has 12 heavy (non-hydrogen) atoms. The van der Waals surface area contributed by atoms with Crippen LogP contribution in [0, 0.1) is 0 Å². The molecular formula is C9H21NOS. The summed E-state index contributed by atoms with van der Waals surface area (Å²) in [6, 6.07) is 0. The molecule has 0 heterocycles. The standard InChI is InChI=1S/C9H21NOS/c1-3-5-10-6-7-11-8-9-12-4-2/h10H,3-9H2,1-2H3. The van der Waals surface area contributed by atoms with Crippen molar-refractivity contribution < 1.29 is 4.74 Å². The normalized spacial score (nSPS) is 10.5. The molecule has 0 atom stereocenters. The van der Waals surface area contributed by atoms with Gasteiger partial charge in [-0.25, -0.2) is 0 Å². The molecule has 0 bridgehead atoms. The van der Waals surface area contributed by atoms with Crippen LogP contribution >= 0.6 is 11.8 Å². The molecule has 0 spiro atoms. The fraction of sp³-hybridized carbons (Fsp3) is 1.00. The van der Waals surface area contributed by atoms with Crippen LogP contribution in [0.1, 0.15) is 20.3 Å². The first-order valence-electron chi connectivity index (χ1n) is 4.78. The molecule has 2 nitrogen and oxygen atoms in total. The monoisotopic (exact) mass is 191 g/mol. The lowest BCUT2D eigenvalue weighted by molar-refractivity contribution is 0.152. The Balaban J connectivity index is 2.73. The summed E-state index contributed by atoms with van der Waals surface area (Å²) < 4.78 is 5.40. The van der Waals surface area contributed by atoms with Crippen molar-refractivity contribution in [2.24, 2.45) is 0 Å². The Morgan fingerprint density at radius 3 is 2.67 bits per heavy atom. The predicted molar refractivity (Wildman–Crippen MR) is 57.0 cm³/mol. The summed E-state index contributed by atoms with van der Waals surface area (Å²) in [5, 5.41) is 3.29. The van der Waals surface area contributed by atoms with Crippen molar-refractivity contribution in [3.63, 3.8) is 0 Å². The first-order chi connectivity index (χ1) is 5.91. The lowest BCUT2D eigenvalue weighted by Crippen LogP contribution is -2.20. The Morgan fingerprint density at radius 2 is 2.00 bits per heavy atom. The van der Waals surface area contributed by atoms with Crippen LogP contribution in [0.5, 0.6) is 0 Å². The molecule has 0 aliphatic rings. The molecule has 0 aromatic heterocycles. The van der Waals surface area contributed by atoms with Gasteiger partial charge in [-0.15, -0.1) is 0 Å². The fourth-order valence-electron chi connectivity index (χ4n) is 0.810. The van der Waals surface area contributed by atoms with Gasteiger partial charge in [0.05, 0.1) is 13.2 Å². The molecule has 0 radical (unpaired) electrons. The lowest BCUT2D eigenvalue weighted by atomic mass is 10.5. The summed E-state index contributed by atoms with van der Waals surface area (Å²) in [6.07, 6.45) is 1.20. The predicted octanol–water partition coefficient (Wildman–Crippen LogP) is 1.76. The van der Waals surface area contributed by atoms with E-state index in [-0.39, 0.29) is 0 Å². The minimum Gasteiger partial charge on any atom is -0.379 e. The van der Waals surface area contributed by atoms with Crippen LogP contribution < -0.4 is 5.32 Å². The van der Waals surface area contributed by atoms with Crippen LogP contribution in [-0.2, 0) is 4.74 Å². The highest BCUT2D eigenvalue weighted by Crippen LogP contribution is 1.96. The van der Waals surface area contributed by atoms with E-state index in [1.807, 2.05) is 11.8 Å². The summed E-state index contributed by atoms with van der Waals surface area (Å²) in [5.41, 5.74) is 0. The summed E-state index contributed by atoms with van der Waals surface area (Å²) in [6.45, 7) is 8.19. The molecule has 0 aliphatic heterocycles. The van der Waals surface area contributed by atoms with E-state index in [1.54, 1.807) is 0 Å². The zero-order chi connectivity index (χ0) is 9.07. The molecular weight excluding hydrogens is 170 g/mol. The first kappa shape index (κ1) is 12.3. The highest BCUT2D eigenvalue weighted by Gasteiger charge is 1.88. The van der Waals surface area contributed by atoms with E-state index in [0.29, 0.717) is 0 Å². The molecule has 0 aromatic carbocycles. The maximum Gasteiger partial charge on any atom is 0.0591 e. The zero-order valence-corrected chi connectivity index (χ0v) is 9.08. The van der Waals surface area contributed by atoms with Crippen LogP contribution in [-0.4, -0.2) is 37.8 Å². The van der Waals surface area contributed by atoms with Crippen molar-refractivity contribution in [3.8, 4) is 0 Å². The Labute approximate surface area is 80.4 Å². The zero-order valence-electron chi connectivity index (χ0n) is 8.27. The van der Waals surface area contributed by atoms with Gasteiger partial charge in [0.25, 0.3) is 0 Å². The molecule has 3 heteroatoms. The maximum absolute atomic E-state index is 5.40. The van der Waals surface area contributed by atoms with Gasteiger partial charge in [-0.3, -0.25) is 0 Å². The first-order valence-corrected chi connectivity index (χ1v) is 5.93. The second-order valence-corrected chi connectivity index (χ2v) is 3.95. The number of rotatable bonds is 9. The second kappa shape index (κ2) is 11.3. The average Bonchev–Trinajstić information content (AvgIpc) is 2.10. The van der Waals surface area contributed by atoms with Gasteiger partial charge in [0.15, 0.2) is 0 Å². The van der Waals surface area contributed by atoms with Gasteiger partial charge in [0, 0.05) is 12.3 Å². The minimum absolute atomic E-state index is 0.851. The van der Waals surface area contributed by atoms with E-state index in [0.717, 1.165) is 32.1 Å². The van der Waals surface area contributed by atoms with Crippen molar-refractivity contribution in [1.82, 2.24) is 5.32 Å². The molecule has 0 aliphatic carbocycles. The third-order valence-electron chi connectivity index (χ3n) is 1.43. The third-order valence-corrected chi connectivity index (χ3v) is 2.29. The Hall–Kier alpha value is 0.270. The Morgan fingerprint density at radius 1 is 1.17 bits per heavy atom. The van der Waals surface area contributed by atoms with E-state index >= 15 is 0 Å². The molecule has 74 valence electrons. The summed E-state index contributed by atoms with van der Waals surface area (Å²) in [4.78, 5) is 0. The largest absolute Gasteiger partial charge is 0.379 e. The van der Waals surface area contributed by atoms with Crippen LogP contribution in [0.4, 0.5) is 0 Å². The molecule has 0 rings (SSSR count). The quantitative estimate of drug-likeness (QED) is 0.561. The third kappa shape index (κ3) is 10.3. The number of hydrogen-bond acceptors (Lipinski definition) is 3. The van der Waals surface area contributed by atoms with Gasteiger partial charge in [-0.2, -0.15) is 11.8 Å². The number of thioether (sulfide) groups is 1. The Bertz CT molecular complexity index is 70.9. The number of ether oxygens (including phenoxy) is 1. The van der Waals surface area contributed by atoms with Crippen molar-refractivity contribution in [2.45, 2.75) is 20.3 Å². The van der Waals surface area contributed by atoms with Crippen molar-refractivity contribution in [1.29, 1.82) is 0 Å². The van der Waals surface area contributed by atoms with Crippen molar-refractivity contribution >= 4 is 11.8 Å². The van der Waals surface area contributed by atoms with Crippen molar-refractivity contribution in [3.05, 3.63) is 0 Å². The van der Waals surface area contributed by atoms with Gasteiger partial charge in [0.1, 0.15) is 0 Å². The van der Waals surface area contributed by atoms with Crippen LogP contribution in [0.2, 0.25) is 0 Å². The van der Waals surface area contributed by atoms with E-state index in [4.69, 9.17) is 4.74 Å². The Kier molecular flexibility index (Phi) is 11.5. The molecule has 0 saturated heterocycles. The van der Waals surface area contributed by atoms with Gasteiger partial charge >= 0.3 is 0 Å². The number of nitrogens with one attached hydrogen (secondary N) is 1. The second-order valence-electron chi connectivity index (χ2n) is 2.56. The van der Waals surface area contributed by atoms with Crippen molar-refractivity contribution in [2.75, 3.05) is 37.8 Å². The molecule has 0 unspecified atom stereocenters. The maximum atomic E-state index is 5.40. The van der Waals surface area contributed by atoms with E-state index in [1.165, 1.54) is 12.2 Å². The van der Waals surface area contributed by atoms with Crippen LogP contribution in [0.25, 0.3) is 0 Å². The molecule has 1 N–H and O–H groups in total. The average molecular weight is 191 g/mol. The highest BCUT2D eigenvalue weighted by molar-refractivity contribution is 7.99. The van der Waals surface area contributed by atoms with Gasteiger partial charge < -0.3 is 10.1 Å². The van der Waals surface area contributed by atoms with E-state index < -0.39 is 0 Å². The van der Waals surface area contributed by atoms with Crippen LogP contribution in [0.3, 0.4) is 0 Å². The molecule has 0 aromatic rings. The van der Waals surface area contributed by atoms with E-state index in [2.05, 4.69) is 19.2 Å². The smallest absolute Gasteiger partial charge is 0.0591 e. The highest BCUT2D eigenvalue weighted by atomic mass is 32.2. The van der Waals surface area contributed by atoms with Gasteiger partial charge in [-0.05, 0) is 18.7 Å². The van der Waals surface area contributed by atoms with Crippen LogP contribution in [0.15, 0.2) is 0 Å².